The molecule has 0 spiro atoms. The van der Waals surface area contributed by atoms with E-state index in [-0.39, 0.29) is 5.75 Å². The lowest BCUT2D eigenvalue weighted by Gasteiger charge is -2.11. The Kier molecular flexibility index (Phi) is 9.36. The summed E-state index contributed by atoms with van der Waals surface area (Å²) in [5, 5.41) is 6.44. The molecule has 1 aromatic carbocycles. The predicted octanol–water partition coefficient (Wildman–Crippen LogP) is 0.827. The molecule has 1 rings (SSSR count). The second-order valence-electron chi connectivity index (χ2n) is 5.25. The fraction of sp³-hybridized carbons (Fsp3) is 0.562. The van der Waals surface area contributed by atoms with Gasteiger partial charge in [0.15, 0.2) is 5.96 Å². The van der Waals surface area contributed by atoms with Crippen molar-refractivity contribution in [1.29, 1.82) is 0 Å². The van der Waals surface area contributed by atoms with Crippen molar-refractivity contribution in [3.63, 3.8) is 0 Å². The molecular formula is C16H28N4O3S. The fourth-order valence-electron chi connectivity index (χ4n) is 1.97. The lowest BCUT2D eigenvalue weighted by Crippen LogP contribution is -2.38. The molecule has 7 nitrogen and oxygen atoms in total. The van der Waals surface area contributed by atoms with Crippen LogP contribution in [0.4, 0.5) is 0 Å². The van der Waals surface area contributed by atoms with Crippen molar-refractivity contribution < 1.29 is 13.2 Å². The smallest absolute Gasteiger partial charge is 0.215 e. The van der Waals surface area contributed by atoms with Gasteiger partial charge in [0.25, 0.3) is 0 Å². The first-order valence-electron chi connectivity index (χ1n) is 8.01. The third-order valence-corrected chi connectivity index (χ3v) is 4.61. The first kappa shape index (κ1) is 20.4. The first-order valence-corrected chi connectivity index (χ1v) is 9.66. The maximum Gasteiger partial charge on any atom is 0.215 e. The van der Waals surface area contributed by atoms with Gasteiger partial charge in [-0.15, -0.1) is 0 Å². The number of benzene rings is 1. The summed E-state index contributed by atoms with van der Waals surface area (Å²) in [6, 6.07) is 7.44. The van der Waals surface area contributed by atoms with Crippen LogP contribution in [0.5, 0.6) is 0 Å². The molecule has 8 heteroatoms. The number of nitrogens with one attached hydrogen (secondary N) is 3. The average Bonchev–Trinajstić information content (AvgIpc) is 2.57. The zero-order valence-electron chi connectivity index (χ0n) is 14.6. The Labute approximate surface area is 145 Å². The summed E-state index contributed by atoms with van der Waals surface area (Å²) in [4.78, 5) is 4.52. The Morgan fingerprint density at radius 2 is 1.83 bits per heavy atom. The number of rotatable bonds is 10. The van der Waals surface area contributed by atoms with Crippen LogP contribution < -0.4 is 15.4 Å². The largest absolute Gasteiger partial charge is 0.385 e. The molecule has 0 unspecified atom stereocenters. The van der Waals surface area contributed by atoms with Crippen LogP contribution in [0.15, 0.2) is 29.3 Å². The highest BCUT2D eigenvalue weighted by Gasteiger charge is 2.08. The minimum Gasteiger partial charge on any atom is -0.385 e. The van der Waals surface area contributed by atoms with Crippen LogP contribution in [-0.2, 0) is 27.1 Å². The van der Waals surface area contributed by atoms with Crippen molar-refractivity contribution in [2.45, 2.75) is 25.6 Å². The van der Waals surface area contributed by atoms with E-state index in [4.69, 9.17) is 4.74 Å². The van der Waals surface area contributed by atoms with Crippen LogP contribution in [0, 0.1) is 0 Å². The number of hydrogen-bond donors (Lipinski definition) is 3. The van der Waals surface area contributed by atoms with E-state index >= 15 is 0 Å². The SMILES string of the molecule is CCNC(=NCc1ccc(CS(=O)(=O)NC)cc1)NCCCOC. The summed E-state index contributed by atoms with van der Waals surface area (Å²) in [6.07, 6.45) is 0.912. The molecule has 0 bridgehead atoms. The highest BCUT2D eigenvalue weighted by atomic mass is 32.2. The molecule has 0 saturated carbocycles. The van der Waals surface area contributed by atoms with Crippen molar-refractivity contribution in [2.75, 3.05) is 33.9 Å². The normalized spacial score (nSPS) is 12.2. The van der Waals surface area contributed by atoms with Gasteiger partial charge in [-0.05, 0) is 31.5 Å². The standard InChI is InChI=1S/C16H28N4O3S/c1-4-18-16(19-10-5-11-23-3)20-12-14-6-8-15(9-7-14)13-24(21,22)17-2/h6-9,17H,4-5,10-13H2,1-3H3,(H2,18,19,20). The third-order valence-electron chi connectivity index (χ3n) is 3.27. The number of hydrogen-bond acceptors (Lipinski definition) is 4. The van der Waals surface area contributed by atoms with E-state index in [2.05, 4.69) is 20.3 Å². The van der Waals surface area contributed by atoms with E-state index in [1.54, 1.807) is 7.11 Å². The first-order chi connectivity index (χ1) is 11.5. The molecule has 0 radical (unpaired) electrons. The van der Waals surface area contributed by atoms with Crippen LogP contribution in [0.25, 0.3) is 0 Å². The third kappa shape index (κ3) is 8.28. The molecule has 0 fully saturated rings. The van der Waals surface area contributed by atoms with E-state index in [0.717, 1.165) is 36.6 Å². The molecule has 0 aromatic heterocycles. The predicted molar refractivity (Wildman–Crippen MR) is 97.4 cm³/mol. The van der Waals surface area contributed by atoms with Crippen LogP contribution in [-0.4, -0.2) is 48.2 Å². The number of aliphatic imine (C=N–C) groups is 1. The van der Waals surface area contributed by atoms with Crippen molar-refractivity contribution in [3.05, 3.63) is 35.4 Å². The fourth-order valence-corrected chi connectivity index (χ4v) is 2.74. The van der Waals surface area contributed by atoms with Crippen molar-refractivity contribution in [3.8, 4) is 0 Å². The summed E-state index contributed by atoms with van der Waals surface area (Å²) < 4.78 is 30.4. The van der Waals surface area contributed by atoms with E-state index in [0.29, 0.717) is 13.2 Å². The maximum atomic E-state index is 11.5. The number of sulfonamides is 1. The van der Waals surface area contributed by atoms with Gasteiger partial charge in [-0.1, -0.05) is 24.3 Å². The van der Waals surface area contributed by atoms with E-state index in [1.807, 2.05) is 31.2 Å². The zero-order chi connectivity index (χ0) is 17.8. The monoisotopic (exact) mass is 356 g/mol. The molecule has 1 aromatic rings. The Morgan fingerprint density at radius 3 is 2.42 bits per heavy atom. The molecule has 136 valence electrons. The maximum absolute atomic E-state index is 11.5. The summed E-state index contributed by atoms with van der Waals surface area (Å²) in [5.74, 6) is 0.743. The topological polar surface area (TPSA) is 91.8 Å². The van der Waals surface area contributed by atoms with Gasteiger partial charge in [-0.25, -0.2) is 18.1 Å². The Morgan fingerprint density at radius 1 is 1.17 bits per heavy atom. The molecule has 0 aliphatic carbocycles. The summed E-state index contributed by atoms with van der Waals surface area (Å²) >= 11 is 0. The molecule has 0 heterocycles. The van der Waals surface area contributed by atoms with Crippen LogP contribution in [0.3, 0.4) is 0 Å². The Balaban J connectivity index is 2.59. The highest BCUT2D eigenvalue weighted by molar-refractivity contribution is 7.88. The second-order valence-corrected chi connectivity index (χ2v) is 7.17. The highest BCUT2D eigenvalue weighted by Crippen LogP contribution is 2.08. The lowest BCUT2D eigenvalue weighted by molar-refractivity contribution is 0.195. The van der Waals surface area contributed by atoms with Crippen molar-refractivity contribution >= 4 is 16.0 Å². The van der Waals surface area contributed by atoms with Gasteiger partial charge in [0.2, 0.25) is 10.0 Å². The molecule has 0 aliphatic heterocycles. The van der Waals surface area contributed by atoms with E-state index < -0.39 is 10.0 Å². The molecule has 24 heavy (non-hydrogen) atoms. The molecule has 0 atom stereocenters. The van der Waals surface area contributed by atoms with Gasteiger partial charge in [0.05, 0.1) is 12.3 Å². The van der Waals surface area contributed by atoms with E-state index in [1.165, 1.54) is 7.05 Å². The van der Waals surface area contributed by atoms with Crippen molar-refractivity contribution in [2.24, 2.45) is 4.99 Å². The minimum absolute atomic E-state index is 0.0171. The summed E-state index contributed by atoms with van der Waals surface area (Å²) in [7, 11) is -0.139. The van der Waals surface area contributed by atoms with Gasteiger partial charge in [0, 0.05) is 26.8 Å². The molecule has 3 N–H and O–H groups in total. The van der Waals surface area contributed by atoms with Crippen molar-refractivity contribution in [1.82, 2.24) is 15.4 Å². The molecular weight excluding hydrogens is 328 g/mol. The minimum atomic E-state index is -3.24. The molecule has 0 saturated heterocycles. The van der Waals surface area contributed by atoms with Gasteiger partial charge in [-0.3, -0.25) is 0 Å². The Bertz CT molecular complexity index is 600. The van der Waals surface area contributed by atoms with Crippen LogP contribution in [0.2, 0.25) is 0 Å². The van der Waals surface area contributed by atoms with Gasteiger partial charge >= 0.3 is 0 Å². The van der Waals surface area contributed by atoms with Crippen LogP contribution >= 0.6 is 0 Å². The molecule has 0 amide bonds. The number of guanidine groups is 1. The zero-order valence-corrected chi connectivity index (χ0v) is 15.4. The Hall–Kier alpha value is -1.64. The second kappa shape index (κ2) is 11.0. The van der Waals surface area contributed by atoms with Gasteiger partial charge < -0.3 is 15.4 Å². The van der Waals surface area contributed by atoms with E-state index in [9.17, 15) is 8.42 Å². The van der Waals surface area contributed by atoms with Gasteiger partial charge in [-0.2, -0.15) is 0 Å². The number of methoxy groups -OCH3 is 1. The van der Waals surface area contributed by atoms with Gasteiger partial charge in [0.1, 0.15) is 0 Å². The average molecular weight is 356 g/mol. The number of ether oxygens (including phenoxy) is 1. The number of nitrogens with zero attached hydrogens (tertiary/aromatic N) is 1. The van der Waals surface area contributed by atoms with Crippen LogP contribution in [0.1, 0.15) is 24.5 Å². The summed E-state index contributed by atoms with van der Waals surface area (Å²) in [6.45, 7) is 4.84. The quantitative estimate of drug-likeness (QED) is 0.328. The summed E-state index contributed by atoms with van der Waals surface area (Å²) in [5.41, 5.74) is 1.77. The lowest BCUT2D eigenvalue weighted by atomic mass is 10.1. The molecule has 0 aliphatic rings.